The van der Waals surface area contributed by atoms with E-state index in [9.17, 15) is 110 Å². The summed E-state index contributed by atoms with van der Waals surface area (Å²) in [6.07, 6.45) is -44.0. The molecule has 1 aromatic heterocycles. The van der Waals surface area contributed by atoms with Crippen LogP contribution in [0.25, 0.3) is 0 Å². The molecular formula is C49H31BF24N2O. The van der Waals surface area contributed by atoms with Gasteiger partial charge in [0, 0.05) is 11.5 Å². The molecule has 0 amide bonds. The summed E-state index contributed by atoms with van der Waals surface area (Å²) in [5.74, 6) is 0.716. The second kappa shape index (κ2) is 20.9. The minimum absolute atomic E-state index is 0.138. The molecule has 5 aromatic carbocycles. The lowest BCUT2D eigenvalue weighted by molar-refractivity contribution is -0.684. The molecular weight excluding hydrogens is 1100 g/mol. The van der Waals surface area contributed by atoms with Gasteiger partial charge in [0.05, 0.1) is 50.7 Å². The third-order valence-electron chi connectivity index (χ3n) is 12.4. The fraction of sp³-hybridized carbons (Fsp3) is 0.286. The molecule has 1 saturated carbocycles. The van der Waals surface area contributed by atoms with E-state index in [4.69, 9.17) is 0 Å². The molecule has 1 aliphatic carbocycles. The van der Waals surface area contributed by atoms with Crippen molar-refractivity contribution in [1.29, 1.82) is 0 Å². The Hall–Kier alpha value is -6.77. The van der Waals surface area contributed by atoms with Crippen LogP contribution >= 0.6 is 0 Å². The molecule has 3 nitrogen and oxygen atoms in total. The van der Waals surface area contributed by atoms with Gasteiger partial charge in [-0.2, -0.15) is 132 Å². The van der Waals surface area contributed by atoms with Gasteiger partial charge in [-0.25, -0.2) is 4.98 Å². The molecule has 1 fully saturated rings. The number of benzene rings is 5. The fourth-order valence-electron chi connectivity index (χ4n) is 8.93. The van der Waals surface area contributed by atoms with Crippen LogP contribution in [-0.2, 0) is 56.0 Å². The van der Waals surface area contributed by atoms with E-state index in [0.717, 1.165) is 11.3 Å². The number of aromatic nitrogens is 2. The zero-order valence-corrected chi connectivity index (χ0v) is 38.1. The van der Waals surface area contributed by atoms with Crippen LogP contribution in [0.3, 0.4) is 0 Å². The Morgan fingerprint density at radius 3 is 0.961 bits per heavy atom. The summed E-state index contributed by atoms with van der Waals surface area (Å²) in [7, 11) is 0. The van der Waals surface area contributed by atoms with Crippen LogP contribution in [0.1, 0.15) is 92.2 Å². The van der Waals surface area contributed by atoms with Crippen LogP contribution < -0.4 is 26.4 Å². The molecule has 0 unspecified atom stereocenters. The van der Waals surface area contributed by atoms with E-state index in [1.807, 2.05) is 53.5 Å². The number of hydrogen-bond donors (Lipinski definition) is 0. The maximum atomic E-state index is 14.2. The molecule has 1 heterocycles. The highest BCUT2D eigenvalue weighted by Crippen LogP contribution is 2.42. The Bertz CT molecular complexity index is 2650. The van der Waals surface area contributed by atoms with Gasteiger partial charge in [0.2, 0.25) is 12.3 Å². The van der Waals surface area contributed by atoms with E-state index in [1.54, 1.807) is 0 Å². The monoisotopic (exact) mass is 1130 g/mol. The predicted octanol–water partition coefficient (Wildman–Crippen LogP) is 14.1. The maximum absolute atomic E-state index is 14.2. The van der Waals surface area contributed by atoms with Gasteiger partial charge in [-0.1, -0.05) is 91.7 Å². The van der Waals surface area contributed by atoms with Gasteiger partial charge >= 0.3 is 49.4 Å². The van der Waals surface area contributed by atoms with Gasteiger partial charge in [0.1, 0.15) is 11.8 Å². The first-order chi connectivity index (χ1) is 35.1. The van der Waals surface area contributed by atoms with Crippen molar-refractivity contribution in [2.75, 3.05) is 0 Å². The molecule has 0 atom stereocenters. The van der Waals surface area contributed by atoms with Gasteiger partial charge < -0.3 is 0 Å². The molecule has 0 aliphatic heterocycles. The number of ketones is 1. The Balaban J connectivity index is 0.000000397. The highest BCUT2D eigenvalue weighted by molar-refractivity contribution is 7.20. The molecule has 0 N–H and O–H groups in total. The van der Waals surface area contributed by atoms with Crippen LogP contribution in [0.4, 0.5) is 105 Å². The van der Waals surface area contributed by atoms with Crippen LogP contribution in [0.15, 0.2) is 122 Å². The summed E-state index contributed by atoms with van der Waals surface area (Å²) in [6, 6.07) is 0.635. The number of carbonyl (C=O) groups is 1. The van der Waals surface area contributed by atoms with E-state index in [2.05, 4.69) is 4.98 Å². The second-order valence-corrected chi connectivity index (χ2v) is 17.6. The summed E-state index contributed by atoms with van der Waals surface area (Å²) < 4.78 is 343. The summed E-state index contributed by atoms with van der Waals surface area (Å²) in [4.78, 5) is 16.7. The Labute approximate surface area is 418 Å². The van der Waals surface area contributed by atoms with Gasteiger partial charge in [-0.15, -0.1) is 0 Å². The second-order valence-electron chi connectivity index (χ2n) is 17.6. The van der Waals surface area contributed by atoms with E-state index >= 15 is 0 Å². The maximum Gasteiger partial charge on any atom is 0.416 e. The zero-order valence-electron chi connectivity index (χ0n) is 38.1. The fourth-order valence-corrected chi connectivity index (χ4v) is 8.93. The molecule has 7 rings (SSSR count). The molecule has 0 radical (unpaired) electrons. The van der Waals surface area contributed by atoms with Crippen LogP contribution in [0.2, 0.25) is 0 Å². The normalized spacial score (nSPS) is 14.6. The number of carbonyl (C=O) groups excluding carboxylic acids is 1. The van der Waals surface area contributed by atoms with Gasteiger partial charge in [-0.3, -0.25) is 4.79 Å². The van der Waals surface area contributed by atoms with Crippen molar-refractivity contribution in [3.05, 3.63) is 177 Å². The Morgan fingerprint density at radius 1 is 0.429 bits per heavy atom. The number of rotatable bonds is 8. The van der Waals surface area contributed by atoms with E-state index in [0.29, 0.717) is 12.5 Å². The quantitative estimate of drug-likeness (QED) is 0.0659. The number of nitrogens with zero attached hydrogens (tertiary/aromatic N) is 2. The van der Waals surface area contributed by atoms with E-state index < -0.39 is 195 Å². The number of halogens is 24. The SMILES string of the molecule is FC(F)(F)c1cc([B-](c2cc(C(F)(F)F)cc(C(F)(F)F)c2)(c2cc(C(F)(F)F)cc(C(F)(F)F)c2)c2cc(C(F)(F)F)cc(C(F)(F)F)c2)cc(C(F)(F)F)c1.O=C(C[n+]1ccnc(C2CCCC2)c1)c1ccccc1. The number of hydrogen-bond acceptors (Lipinski definition) is 2. The molecule has 28 heteroatoms. The number of alkyl halides is 24. The van der Waals surface area contributed by atoms with Crippen molar-refractivity contribution in [3.63, 3.8) is 0 Å². The molecule has 6 aromatic rings. The van der Waals surface area contributed by atoms with Crippen molar-refractivity contribution >= 4 is 33.8 Å². The average Bonchev–Trinajstić information content (AvgIpc) is 3.86. The van der Waals surface area contributed by atoms with E-state index in [-0.39, 0.29) is 5.78 Å². The van der Waals surface area contributed by atoms with Crippen LogP contribution in [0, 0.1) is 0 Å². The lowest BCUT2D eigenvalue weighted by Gasteiger charge is -2.46. The third kappa shape index (κ3) is 13.9. The summed E-state index contributed by atoms with van der Waals surface area (Å²) in [5, 5.41) is 0. The minimum Gasteiger partial charge on any atom is -0.287 e. The first-order valence-corrected chi connectivity index (χ1v) is 21.9. The predicted molar refractivity (Wildman–Crippen MR) is 226 cm³/mol. The van der Waals surface area contributed by atoms with Crippen LogP contribution in [0.5, 0.6) is 0 Å². The first kappa shape index (κ1) is 59.5. The van der Waals surface area contributed by atoms with Crippen molar-refractivity contribution in [2.24, 2.45) is 0 Å². The van der Waals surface area contributed by atoms with Crippen molar-refractivity contribution < 1.29 is 115 Å². The van der Waals surface area contributed by atoms with E-state index in [1.165, 1.54) is 25.7 Å². The Morgan fingerprint density at radius 2 is 0.701 bits per heavy atom. The molecule has 0 spiro atoms. The molecule has 77 heavy (non-hydrogen) atoms. The highest BCUT2D eigenvalue weighted by atomic mass is 19.4. The summed E-state index contributed by atoms with van der Waals surface area (Å²) in [6.45, 7) is 0.381. The minimum atomic E-state index is -6.13. The van der Waals surface area contributed by atoms with Gasteiger partial charge in [0.25, 0.3) is 0 Å². The van der Waals surface area contributed by atoms with Crippen molar-refractivity contribution in [2.45, 2.75) is 87.6 Å². The third-order valence-corrected chi connectivity index (χ3v) is 12.4. The Kier molecular flexibility index (Phi) is 16.1. The molecule has 1 aliphatic rings. The molecule has 414 valence electrons. The lowest BCUT2D eigenvalue weighted by Crippen LogP contribution is -2.75. The van der Waals surface area contributed by atoms with Crippen molar-refractivity contribution in [1.82, 2.24) is 4.98 Å². The summed E-state index contributed by atoms with van der Waals surface area (Å²) in [5.41, 5.74) is -28.3. The first-order valence-electron chi connectivity index (χ1n) is 21.9. The van der Waals surface area contributed by atoms with Gasteiger partial charge in [-0.05, 0) is 37.1 Å². The molecule has 0 saturated heterocycles. The smallest absolute Gasteiger partial charge is 0.287 e. The van der Waals surface area contributed by atoms with Crippen molar-refractivity contribution in [3.8, 4) is 0 Å². The standard InChI is InChI=1S/C32H12BF24.C17H19N2O/c34-25(35,36)13-1-14(26(37,38)39)6-21(5-13)33(22-7-15(27(40,41)42)2-16(8-22)28(43,44)45,23-9-17(29(46,47)48)3-18(10-23)30(49,50)51)24-11-19(31(52,53)54)4-20(12-24)32(55,56)57;20-17(15-8-2-1-3-9-15)13-19-11-10-18-16(12-19)14-6-4-5-7-14/h1-12H;1-3,8-12,14H,4-7,13H2/q-1;+1. The topological polar surface area (TPSA) is 33.8 Å². The van der Waals surface area contributed by atoms with Crippen LogP contribution in [-0.4, -0.2) is 16.9 Å². The van der Waals surface area contributed by atoms with Gasteiger partial charge in [0.15, 0.2) is 12.4 Å². The molecule has 0 bridgehead atoms. The zero-order chi connectivity index (χ0) is 57.7. The number of Topliss-reactive ketones (excluding diaryl/α,β-unsaturated/α-hetero) is 1. The lowest BCUT2D eigenvalue weighted by atomic mass is 9.12. The largest absolute Gasteiger partial charge is 0.416 e. The highest BCUT2D eigenvalue weighted by Gasteiger charge is 2.47. The summed E-state index contributed by atoms with van der Waals surface area (Å²) >= 11 is 0. The average molecular weight is 1130 g/mol.